The molecule has 3 aromatic rings. The highest BCUT2D eigenvalue weighted by Gasteiger charge is 2.38. The van der Waals surface area contributed by atoms with Crippen LogP contribution in [-0.2, 0) is 25.3 Å². The Labute approximate surface area is 198 Å². The number of ether oxygens (including phenoxy) is 1. The van der Waals surface area contributed by atoms with Gasteiger partial charge < -0.3 is 9.84 Å². The summed E-state index contributed by atoms with van der Waals surface area (Å²) in [7, 11) is 0. The van der Waals surface area contributed by atoms with Crippen LogP contribution in [0.2, 0.25) is 0 Å². The first-order valence-electron chi connectivity index (χ1n) is 11.0. The first kappa shape index (κ1) is 25.1. The summed E-state index contributed by atoms with van der Waals surface area (Å²) in [5, 5.41) is 10.4. The number of nitrogens with zero attached hydrogens (tertiary/aromatic N) is 1. The van der Waals surface area contributed by atoms with E-state index < -0.39 is 29.6 Å². The average molecular weight is 495 g/mol. The molecule has 35 heavy (non-hydrogen) atoms. The molecule has 3 aromatic carbocycles. The van der Waals surface area contributed by atoms with E-state index in [0.29, 0.717) is 19.2 Å². The molecule has 9 heteroatoms. The van der Waals surface area contributed by atoms with Crippen molar-refractivity contribution >= 4 is 0 Å². The minimum absolute atomic E-state index is 0.0608. The lowest BCUT2D eigenvalue weighted by Gasteiger charge is -2.30. The normalized spacial score (nSPS) is 15.5. The van der Waals surface area contributed by atoms with Crippen LogP contribution in [-0.4, -0.2) is 35.8 Å². The number of fused-ring (bicyclic) bond motifs is 1. The molecule has 0 saturated heterocycles. The van der Waals surface area contributed by atoms with Crippen molar-refractivity contribution in [3.05, 3.63) is 89.0 Å². The van der Waals surface area contributed by atoms with E-state index in [1.807, 2.05) is 18.2 Å². The highest BCUT2D eigenvalue weighted by atomic mass is 19.4. The molecular formula is C26H23F6NO2. The highest BCUT2D eigenvalue weighted by Crippen LogP contribution is 2.41. The number of halogens is 6. The van der Waals surface area contributed by atoms with Gasteiger partial charge in [-0.1, -0.05) is 42.5 Å². The van der Waals surface area contributed by atoms with Crippen LogP contribution in [0.15, 0.2) is 66.7 Å². The van der Waals surface area contributed by atoms with Crippen molar-refractivity contribution < 1.29 is 36.2 Å². The average Bonchev–Trinajstić information content (AvgIpc) is 2.81. The van der Waals surface area contributed by atoms with E-state index in [4.69, 9.17) is 4.74 Å². The first-order valence-corrected chi connectivity index (χ1v) is 11.0. The highest BCUT2D eigenvalue weighted by molar-refractivity contribution is 5.70. The van der Waals surface area contributed by atoms with Crippen LogP contribution in [0.25, 0.3) is 11.1 Å². The summed E-state index contributed by atoms with van der Waals surface area (Å²) in [6.45, 7) is 1.78. The van der Waals surface area contributed by atoms with Gasteiger partial charge in [0.25, 0.3) is 0 Å². The smallest absolute Gasteiger partial charge is 0.417 e. The van der Waals surface area contributed by atoms with E-state index in [2.05, 4.69) is 11.0 Å². The molecule has 0 amide bonds. The maximum Gasteiger partial charge on any atom is 0.417 e. The fourth-order valence-electron chi connectivity index (χ4n) is 4.21. The minimum atomic E-state index is -4.98. The van der Waals surface area contributed by atoms with Gasteiger partial charge in [-0.05, 0) is 52.9 Å². The van der Waals surface area contributed by atoms with Gasteiger partial charge in [-0.3, -0.25) is 4.90 Å². The monoisotopic (exact) mass is 495 g/mol. The van der Waals surface area contributed by atoms with Gasteiger partial charge in [-0.25, -0.2) is 0 Å². The van der Waals surface area contributed by atoms with E-state index in [1.54, 1.807) is 0 Å². The van der Waals surface area contributed by atoms with Crippen molar-refractivity contribution in [1.29, 1.82) is 0 Å². The molecule has 1 unspecified atom stereocenters. The van der Waals surface area contributed by atoms with Crippen molar-refractivity contribution in [1.82, 2.24) is 4.90 Å². The number of alkyl halides is 6. The SMILES string of the molecule is OC(COc1cccc(-c2ccc(C(F)(F)F)cc2C(F)(F)F)c1)CN1CCc2ccccc2C1. The Morgan fingerprint density at radius 2 is 1.60 bits per heavy atom. The Balaban J connectivity index is 1.44. The fraction of sp³-hybridized carbons (Fsp3) is 0.308. The molecule has 0 bridgehead atoms. The molecule has 0 spiro atoms. The molecule has 1 heterocycles. The molecular weight excluding hydrogens is 472 g/mol. The van der Waals surface area contributed by atoms with Gasteiger partial charge in [0.05, 0.1) is 11.1 Å². The van der Waals surface area contributed by atoms with Gasteiger partial charge in [0, 0.05) is 19.6 Å². The molecule has 0 aromatic heterocycles. The number of aliphatic hydroxyl groups excluding tert-OH is 1. The van der Waals surface area contributed by atoms with Gasteiger partial charge in [0.15, 0.2) is 0 Å². The van der Waals surface area contributed by atoms with E-state index in [0.717, 1.165) is 19.0 Å². The summed E-state index contributed by atoms with van der Waals surface area (Å²) < 4.78 is 85.1. The van der Waals surface area contributed by atoms with Gasteiger partial charge >= 0.3 is 12.4 Å². The Hall–Kier alpha value is -3.04. The number of aliphatic hydroxyl groups is 1. The number of hydrogen-bond acceptors (Lipinski definition) is 3. The summed E-state index contributed by atoms with van der Waals surface area (Å²) in [6.07, 6.45) is -9.83. The van der Waals surface area contributed by atoms with Crippen LogP contribution < -0.4 is 4.74 Å². The zero-order valence-electron chi connectivity index (χ0n) is 18.5. The summed E-state index contributed by atoms with van der Waals surface area (Å²) in [5.74, 6) is 0.207. The van der Waals surface area contributed by atoms with Crippen LogP contribution in [0.5, 0.6) is 5.75 Å². The van der Waals surface area contributed by atoms with E-state index in [-0.39, 0.29) is 29.5 Å². The summed E-state index contributed by atoms with van der Waals surface area (Å²) in [5.41, 5.74) is -0.585. The quantitative estimate of drug-likeness (QED) is 0.414. The van der Waals surface area contributed by atoms with Crippen LogP contribution >= 0.6 is 0 Å². The molecule has 0 aliphatic carbocycles. The second-order valence-electron chi connectivity index (χ2n) is 8.50. The number of hydrogen-bond donors (Lipinski definition) is 1. The second kappa shape index (κ2) is 9.91. The van der Waals surface area contributed by atoms with Crippen LogP contribution in [0.3, 0.4) is 0 Å². The van der Waals surface area contributed by atoms with E-state index in [1.165, 1.54) is 35.4 Å². The number of rotatable bonds is 6. The molecule has 0 fully saturated rings. The van der Waals surface area contributed by atoms with Crippen molar-refractivity contribution in [3.63, 3.8) is 0 Å². The zero-order chi connectivity index (χ0) is 25.2. The van der Waals surface area contributed by atoms with E-state index in [9.17, 15) is 31.4 Å². The lowest BCUT2D eigenvalue weighted by molar-refractivity contribution is -0.142. The molecule has 3 nitrogen and oxygen atoms in total. The molecule has 1 aliphatic heterocycles. The Morgan fingerprint density at radius 3 is 2.31 bits per heavy atom. The summed E-state index contributed by atoms with van der Waals surface area (Å²) in [6, 6.07) is 15.3. The second-order valence-corrected chi connectivity index (χ2v) is 8.50. The maximum absolute atomic E-state index is 13.5. The lowest BCUT2D eigenvalue weighted by Crippen LogP contribution is -2.38. The maximum atomic E-state index is 13.5. The van der Waals surface area contributed by atoms with Crippen molar-refractivity contribution in [2.45, 2.75) is 31.4 Å². The van der Waals surface area contributed by atoms with Crippen molar-refractivity contribution in [3.8, 4) is 16.9 Å². The summed E-state index contributed by atoms with van der Waals surface area (Å²) >= 11 is 0. The third kappa shape index (κ3) is 6.15. The predicted octanol–water partition coefficient (Wildman–Crippen LogP) is 6.19. The molecule has 186 valence electrons. The Bertz CT molecular complexity index is 1170. The summed E-state index contributed by atoms with van der Waals surface area (Å²) in [4.78, 5) is 2.10. The Kier molecular flexibility index (Phi) is 7.10. The molecule has 0 saturated carbocycles. The standard InChI is InChI=1S/C26H23F6NO2/c27-25(28,29)20-8-9-23(24(13-20)26(30,31)32)18-6-3-7-22(12-18)35-16-21(34)15-33-11-10-17-4-1-2-5-19(17)14-33/h1-9,12-13,21,34H,10-11,14-16H2. The molecule has 1 atom stereocenters. The number of benzene rings is 3. The number of β-amino-alcohol motifs (C(OH)–C–C–N with tert-alkyl or cyclic N) is 1. The van der Waals surface area contributed by atoms with Crippen LogP contribution in [0, 0.1) is 0 Å². The molecule has 1 N–H and O–H groups in total. The van der Waals surface area contributed by atoms with Crippen molar-refractivity contribution in [2.24, 2.45) is 0 Å². The topological polar surface area (TPSA) is 32.7 Å². The van der Waals surface area contributed by atoms with Crippen LogP contribution in [0.4, 0.5) is 26.3 Å². The van der Waals surface area contributed by atoms with Gasteiger partial charge in [0.2, 0.25) is 0 Å². The minimum Gasteiger partial charge on any atom is -0.491 e. The fourth-order valence-corrected chi connectivity index (χ4v) is 4.21. The van der Waals surface area contributed by atoms with E-state index >= 15 is 0 Å². The first-order chi connectivity index (χ1) is 16.5. The third-order valence-corrected chi connectivity index (χ3v) is 5.92. The third-order valence-electron chi connectivity index (χ3n) is 5.92. The molecule has 0 radical (unpaired) electrons. The lowest BCUT2D eigenvalue weighted by atomic mass is 9.96. The van der Waals surface area contributed by atoms with Crippen LogP contribution in [0.1, 0.15) is 22.3 Å². The Morgan fingerprint density at radius 1 is 0.857 bits per heavy atom. The van der Waals surface area contributed by atoms with Crippen molar-refractivity contribution in [2.75, 3.05) is 19.7 Å². The molecule has 4 rings (SSSR count). The largest absolute Gasteiger partial charge is 0.491 e. The zero-order valence-corrected chi connectivity index (χ0v) is 18.5. The molecule has 1 aliphatic rings. The predicted molar refractivity (Wildman–Crippen MR) is 119 cm³/mol. The van der Waals surface area contributed by atoms with Gasteiger partial charge in [-0.15, -0.1) is 0 Å². The van der Waals surface area contributed by atoms with Gasteiger partial charge in [-0.2, -0.15) is 26.3 Å². The van der Waals surface area contributed by atoms with Gasteiger partial charge in [0.1, 0.15) is 18.5 Å².